The van der Waals surface area contributed by atoms with Crippen molar-refractivity contribution in [1.29, 1.82) is 0 Å². The normalized spacial score (nSPS) is 29.2. The molecule has 1 aromatic heterocycles. The lowest BCUT2D eigenvalue weighted by Gasteiger charge is -2.59. The van der Waals surface area contributed by atoms with Crippen LogP contribution in [-0.4, -0.2) is 60.0 Å². The van der Waals surface area contributed by atoms with Crippen molar-refractivity contribution in [3.8, 4) is 5.88 Å². The largest absolute Gasteiger partial charge is 0.477 e. The van der Waals surface area contributed by atoms with Gasteiger partial charge < -0.3 is 15.4 Å². The van der Waals surface area contributed by atoms with Crippen molar-refractivity contribution in [1.82, 2.24) is 25.1 Å². The lowest BCUT2D eigenvalue weighted by atomic mass is 9.51. The first-order chi connectivity index (χ1) is 17.2. The van der Waals surface area contributed by atoms with E-state index in [0.29, 0.717) is 24.0 Å². The lowest BCUT2D eigenvalue weighted by Crippen LogP contribution is -2.66. The Labute approximate surface area is 220 Å². The monoisotopic (exact) mass is 535 g/mol. The van der Waals surface area contributed by atoms with E-state index in [1.165, 1.54) is 24.1 Å². The average Bonchev–Trinajstić information content (AvgIpc) is 3.13. The molecule has 5 rings (SSSR count). The third-order valence-electron chi connectivity index (χ3n) is 7.65. The SMILES string of the molecule is CC(=O)NC(C)(C)C=Cn1ncc(C(=O)NC2C3CC4CC2CC(NS(C)(=O)=O)(C4)C3)c1OCC(C)C. The number of carbonyl (C=O) groups excluding carboxylic acids is 2. The molecule has 37 heavy (non-hydrogen) atoms. The molecule has 4 bridgehead atoms. The summed E-state index contributed by atoms with van der Waals surface area (Å²) >= 11 is 0. The van der Waals surface area contributed by atoms with Gasteiger partial charge in [0.15, 0.2) is 0 Å². The van der Waals surface area contributed by atoms with E-state index in [1.807, 2.05) is 27.7 Å². The summed E-state index contributed by atoms with van der Waals surface area (Å²) in [5, 5.41) is 10.5. The number of amides is 2. The second kappa shape index (κ2) is 10.1. The maximum Gasteiger partial charge on any atom is 0.258 e. The lowest BCUT2D eigenvalue weighted by molar-refractivity contribution is -0.120. The molecule has 0 aromatic carbocycles. The summed E-state index contributed by atoms with van der Waals surface area (Å²) in [6.07, 6.45) is 10.6. The van der Waals surface area contributed by atoms with Crippen LogP contribution < -0.4 is 20.1 Å². The van der Waals surface area contributed by atoms with Crippen LogP contribution in [0, 0.1) is 23.7 Å². The molecule has 1 aromatic rings. The van der Waals surface area contributed by atoms with Crippen LogP contribution in [0.4, 0.5) is 0 Å². The summed E-state index contributed by atoms with van der Waals surface area (Å²) in [7, 11) is -3.30. The van der Waals surface area contributed by atoms with Crippen LogP contribution in [0.1, 0.15) is 77.1 Å². The van der Waals surface area contributed by atoms with E-state index in [4.69, 9.17) is 4.74 Å². The van der Waals surface area contributed by atoms with Crippen molar-refractivity contribution in [2.24, 2.45) is 23.7 Å². The van der Waals surface area contributed by atoms with Gasteiger partial charge in [-0.3, -0.25) is 9.59 Å². The number of hydrogen-bond donors (Lipinski definition) is 3. The van der Waals surface area contributed by atoms with Crippen molar-refractivity contribution in [2.75, 3.05) is 12.9 Å². The number of sulfonamides is 1. The summed E-state index contributed by atoms with van der Waals surface area (Å²) in [4.78, 5) is 25.0. The summed E-state index contributed by atoms with van der Waals surface area (Å²) < 4.78 is 34.6. The molecule has 4 aliphatic rings. The van der Waals surface area contributed by atoms with Crippen LogP contribution in [0.5, 0.6) is 5.88 Å². The number of ether oxygens (including phenoxy) is 1. The number of nitrogens with one attached hydrogen (secondary N) is 3. The quantitative estimate of drug-likeness (QED) is 0.422. The van der Waals surface area contributed by atoms with Gasteiger partial charge in [-0.15, -0.1) is 0 Å². The smallest absolute Gasteiger partial charge is 0.258 e. The molecule has 2 unspecified atom stereocenters. The molecule has 11 heteroatoms. The summed E-state index contributed by atoms with van der Waals surface area (Å²) in [6, 6.07) is -0.00549. The number of hydrogen-bond acceptors (Lipinski definition) is 6. The highest BCUT2D eigenvalue weighted by Gasteiger charge is 2.56. The Morgan fingerprint density at radius 1 is 1.24 bits per heavy atom. The molecular formula is C26H41N5O5S. The Morgan fingerprint density at radius 2 is 1.89 bits per heavy atom. The van der Waals surface area contributed by atoms with Crippen molar-refractivity contribution in [2.45, 2.75) is 83.8 Å². The van der Waals surface area contributed by atoms with Crippen LogP contribution in [0.15, 0.2) is 12.3 Å². The minimum Gasteiger partial charge on any atom is -0.477 e. The van der Waals surface area contributed by atoms with E-state index in [1.54, 1.807) is 12.3 Å². The summed E-state index contributed by atoms with van der Waals surface area (Å²) in [5.74, 6) is 1.19. The van der Waals surface area contributed by atoms with E-state index >= 15 is 0 Å². The Bertz CT molecular complexity index is 1160. The second-order valence-electron chi connectivity index (χ2n) is 12.4. The molecule has 10 nitrogen and oxygen atoms in total. The molecule has 0 saturated heterocycles. The van der Waals surface area contributed by atoms with Gasteiger partial charge in [0.1, 0.15) is 5.56 Å². The number of nitrogens with zero attached hydrogens (tertiary/aromatic N) is 2. The third kappa shape index (κ3) is 6.54. The maximum atomic E-state index is 13.5. The first kappa shape index (κ1) is 27.6. The first-order valence-electron chi connectivity index (χ1n) is 13.1. The van der Waals surface area contributed by atoms with Crippen molar-refractivity contribution >= 4 is 28.0 Å². The zero-order valence-corrected chi connectivity index (χ0v) is 23.5. The van der Waals surface area contributed by atoms with Crippen LogP contribution in [0.2, 0.25) is 0 Å². The highest BCUT2D eigenvalue weighted by molar-refractivity contribution is 7.88. The van der Waals surface area contributed by atoms with Crippen LogP contribution >= 0.6 is 0 Å². The first-order valence-corrected chi connectivity index (χ1v) is 15.0. The summed E-state index contributed by atoms with van der Waals surface area (Å²) in [5.41, 5.74) is -0.626. The topological polar surface area (TPSA) is 131 Å². The molecule has 0 aliphatic heterocycles. The van der Waals surface area contributed by atoms with E-state index in [0.717, 1.165) is 32.1 Å². The standard InChI is InChI=1S/C26H41N5O5S/c1-16(2)15-36-24-21(14-27-31(24)8-7-25(4,5)29-17(3)32)23(33)28-22-19-9-18-10-20(22)13-26(11-18,12-19)30-37(6,34)35/h7-8,14,16,18-20,22,30H,9-13,15H2,1-6H3,(H,28,33)(H,29,32). The molecule has 2 atom stereocenters. The predicted octanol–water partition coefficient (Wildman–Crippen LogP) is 2.53. The van der Waals surface area contributed by atoms with E-state index in [9.17, 15) is 18.0 Å². The second-order valence-corrected chi connectivity index (χ2v) is 14.1. The molecule has 4 aliphatic carbocycles. The van der Waals surface area contributed by atoms with E-state index in [2.05, 4.69) is 20.5 Å². The summed E-state index contributed by atoms with van der Waals surface area (Å²) in [6.45, 7) is 9.69. The third-order valence-corrected chi connectivity index (χ3v) is 8.45. The fourth-order valence-electron chi connectivity index (χ4n) is 6.76. The van der Waals surface area contributed by atoms with Crippen molar-refractivity contribution in [3.63, 3.8) is 0 Å². The zero-order chi connectivity index (χ0) is 27.2. The van der Waals surface area contributed by atoms with E-state index < -0.39 is 15.6 Å². The maximum absolute atomic E-state index is 13.5. The molecule has 206 valence electrons. The Balaban J connectivity index is 1.53. The van der Waals surface area contributed by atoms with Gasteiger partial charge in [-0.2, -0.15) is 5.10 Å². The highest BCUT2D eigenvalue weighted by atomic mass is 32.2. The molecule has 4 saturated carbocycles. The van der Waals surface area contributed by atoms with Crippen molar-refractivity contribution in [3.05, 3.63) is 17.8 Å². The van der Waals surface area contributed by atoms with Gasteiger partial charge in [0, 0.05) is 24.7 Å². The fourth-order valence-corrected chi connectivity index (χ4v) is 7.80. The zero-order valence-electron chi connectivity index (χ0n) is 22.7. The molecule has 1 heterocycles. The van der Waals surface area contributed by atoms with Gasteiger partial charge in [0.05, 0.1) is 24.6 Å². The average molecular weight is 536 g/mol. The molecular weight excluding hydrogens is 494 g/mol. The van der Waals surface area contributed by atoms with Crippen molar-refractivity contribution < 1.29 is 22.7 Å². The molecule has 3 N–H and O–H groups in total. The minimum atomic E-state index is -3.30. The van der Waals surface area contributed by atoms with Gasteiger partial charge in [-0.05, 0) is 75.7 Å². The highest BCUT2D eigenvalue weighted by Crippen LogP contribution is 2.56. The van der Waals surface area contributed by atoms with E-state index in [-0.39, 0.29) is 41.1 Å². The van der Waals surface area contributed by atoms with Gasteiger partial charge in [0.2, 0.25) is 21.8 Å². The Hall–Kier alpha value is -2.40. The van der Waals surface area contributed by atoms with Gasteiger partial charge >= 0.3 is 0 Å². The van der Waals surface area contributed by atoms with Crippen LogP contribution in [0.25, 0.3) is 6.20 Å². The Morgan fingerprint density at radius 3 is 2.46 bits per heavy atom. The van der Waals surface area contributed by atoms with Crippen LogP contribution in [0.3, 0.4) is 0 Å². The molecule has 0 spiro atoms. The molecule has 4 fully saturated rings. The number of carbonyl (C=O) groups is 2. The minimum absolute atomic E-state index is 0.00549. The number of aromatic nitrogens is 2. The van der Waals surface area contributed by atoms with Gasteiger partial charge in [0.25, 0.3) is 5.91 Å². The van der Waals surface area contributed by atoms with Gasteiger partial charge in [-0.1, -0.05) is 13.8 Å². The predicted molar refractivity (Wildman–Crippen MR) is 141 cm³/mol. The molecule has 0 radical (unpaired) electrons. The number of rotatable bonds is 10. The molecule has 2 amide bonds. The Kier molecular flexibility index (Phi) is 7.51. The van der Waals surface area contributed by atoms with Crippen LogP contribution in [-0.2, 0) is 14.8 Å². The van der Waals surface area contributed by atoms with Gasteiger partial charge in [-0.25, -0.2) is 17.8 Å². The fraction of sp³-hybridized carbons (Fsp3) is 0.731.